The summed E-state index contributed by atoms with van der Waals surface area (Å²) >= 11 is 0. The molecule has 0 bridgehead atoms. The summed E-state index contributed by atoms with van der Waals surface area (Å²) in [6, 6.07) is 3.37. The molecule has 11 nitrogen and oxygen atoms in total. The van der Waals surface area contributed by atoms with Crippen LogP contribution < -0.4 is 10.6 Å². The highest BCUT2D eigenvalue weighted by Crippen LogP contribution is 2.27. The zero-order valence-corrected chi connectivity index (χ0v) is 21.1. The Balaban J connectivity index is 1.24. The van der Waals surface area contributed by atoms with Crippen molar-refractivity contribution < 1.29 is 22.4 Å². The van der Waals surface area contributed by atoms with Gasteiger partial charge in [0, 0.05) is 38.3 Å². The topological polar surface area (TPSA) is 115 Å². The van der Waals surface area contributed by atoms with E-state index >= 15 is 0 Å². The first kappa shape index (κ1) is 26.2. The third-order valence-electron chi connectivity index (χ3n) is 6.35. The number of rotatable bonds is 6. The van der Waals surface area contributed by atoms with Crippen molar-refractivity contribution in [2.75, 3.05) is 50.5 Å². The van der Waals surface area contributed by atoms with Gasteiger partial charge in [0.05, 0.1) is 23.8 Å². The van der Waals surface area contributed by atoms with Crippen LogP contribution in [-0.2, 0) is 11.4 Å². The van der Waals surface area contributed by atoms with Gasteiger partial charge in [-0.3, -0.25) is 4.90 Å². The molecule has 0 amide bonds. The number of nitrogens with zero attached hydrogens (tertiary/aromatic N) is 9. The van der Waals surface area contributed by atoms with Crippen molar-refractivity contribution in [1.82, 2.24) is 34.3 Å². The number of nitrogen functional groups attached to an aromatic ring is 1. The molecule has 1 aliphatic heterocycles. The van der Waals surface area contributed by atoms with Gasteiger partial charge in [-0.1, -0.05) is 17.1 Å². The lowest BCUT2D eigenvalue weighted by Crippen LogP contribution is -2.47. The molecule has 5 rings (SSSR count). The highest BCUT2D eigenvalue weighted by molar-refractivity contribution is 6.04. The molecule has 4 aromatic rings. The average molecular weight is 545 g/mol. The summed E-state index contributed by atoms with van der Waals surface area (Å²) in [6.45, 7) is 5.14. The summed E-state index contributed by atoms with van der Waals surface area (Å²) in [6.07, 6.45) is -3.11. The van der Waals surface area contributed by atoms with Crippen molar-refractivity contribution in [3.8, 4) is 11.8 Å². The van der Waals surface area contributed by atoms with Gasteiger partial charge >= 0.3 is 6.18 Å². The molecule has 204 valence electrons. The van der Waals surface area contributed by atoms with Gasteiger partial charge < -0.3 is 15.5 Å². The molecule has 1 saturated heterocycles. The summed E-state index contributed by atoms with van der Waals surface area (Å²) < 4.78 is 57.7. The predicted octanol–water partition coefficient (Wildman–Crippen LogP) is 2.30. The van der Waals surface area contributed by atoms with Crippen LogP contribution >= 0.6 is 0 Å². The van der Waals surface area contributed by atoms with Gasteiger partial charge in [0.25, 0.3) is 0 Å². The summed E-state index contributed by atoms with van der Waals surface area (Å²) in [5.74, 6) is 5.33. The van der Waals surface area contributed by atoms with Crippen molar-refractivity contribution in [3.63, 3.8) is 0 Å². The number of hydrogen-bond donors (Lipinski definition) is 1. The number of hydrogen-bond acceptors (Lipinski definition) is 9. The third-order valence-corrected chi connectivity index (χ3v) is 6.35. The van der Waals surface area contributed by atoms with Crippen LogP contribution in [0.15, 0.2) is 29.6 Å². The number of alkyl halides is 3. The maximum atomic E-state index is 14.8. The minimum absolute atomic E-state index is 0.174. The molecular weight excluding hydrogens is 520 g/mol. The first-order chi connectivity index (χ1) is 18.7. The fourth-order valence-corrected chi connectivity index (χ4v) is 4.50. The van der Waals surface area contributed by atoms with Crippen LogP contribution in [0, 0.1) is 17.7 Å². The molecule has 4 heterocycles. The van der Waals surface area contributed by atoms with Crippen LogP contribution in [0.2, 0.25) is 0 Å². The molecule has 1 aliphatic rings. The Morgan fingerprint density at radius 2 is 1.90 bits per heavy atom. The van der Waals surface area contributed by atoms with E-state index in [4.69, 9.17) is 5.73 Å². The standard InChI is InChI=1S/C24H24F4N10O/c1-3-4-19-31-22-16-14-30-37(21(16)32-23(29)38(22)33-19)12-9-35-7-10-36(11-8-35)18-6-5-15(13-17(18)25)20(34-39-2)24(26,27)28/h5-6,13-14H,7-12H2,1-2H3,(H2,29,32)/b34-20+. The van der Waals surface area contributed by atoms with E-state index in [1.807, 2.05) is 0 Å². The molecular formula is C24H24F4N10O. The number of aromatic nitrogens is 6. The monoisotopic (exact) mass is 544 g/mol. The zero-order chi connectivity index (χ0) is 27.7. The van der Waals surface area contributed by atoms with Crippen LogP contribution in [-0.4, -0.2) is 86.0 Å². The Kier molecular flexibility index (Phi) is 6.96. The van der Waals surface area contributed by atoms with Crippen LogP contribution in [0.4, 0.5) is 29.2 Å². The molecule has 0 radical (unpaired) electrons. The van der Waals surface area contributed by atoms with Crippen molar-refractivity contribution in [1.29, 1.82) is 0 Å². The van der Waals surface area contributed by atoms with Gasteiger partial charge in [-0.05, 0) is 25.0 Å². The molecule has 0 aliphatic carbocycles. The number of piperazine rings is 1. The minimum Gasteiger partial charge on any atom is -0.399 e. The number of anilines is 2. The zero-order valence-electron chi connectivity index (χ0n) is 21.1. The largest absolute Gasteiger partial charge is 0.437 e. The van der Waals surface area contributed by atoms with Crippen molar-refractivity contribution in [3.05, 3.63) is 41.6 Å². The SMILES string of the molecule is CC#Cc1nc2c3cnn(CCN4CCN(c5ccc(/C(=N\OC)C(F)(F)F)cc5F)CC4)c3nc(N)n2n1. The number of oxime groups is 1. The van der Waals surface area contributed by atoms with E-state index in [2.05, 4.69) is 46.9 Å². The normalized spacial score (nSPS) is 15.1. The molecule has 0 spiro atoms. The van der Waals surface area contributed by atoms with Crippen LogP contribution in [0.1, 0.15) is 18.3 Å². The predicted molar refractivity (Wildman–Crippen MR) is 136 cm³/mol. The quantitative estimate of drug-likeness (QED) is 0.170. The molecule has 39 heavy (non-hydrogen) atoms. The molecule has 0 unspecified atom stereocenters. The molecule has 15 heteroatoms. The lowest BCUT2D eigenvalue weighted by Gasteiger charge is -2.36. The Bertz CT molecular complexity index is 1610. The van der Waals surface area contributed by atoms with Gasteiger partial charge in [-0.25, -0.2) is 9.07 Å². The second-order valence-corrected chi connectivity index (χ2v) is 8.74. The van der Waals surface area contributed by atoms with E-state index in [1.54, 1.807) is 22.7 Å². The van der Waals surface area contributed by atoms with Gasteiger partial charge in [-0.15, -0.1) is 5.10 Å². The van der Waals surface area contributed by atoms with Gasteiger partial charge in [0.2, 0.25) is 11.8 Å². The van der Waals surface area contributed by atoms with E-state index in [-0.39, 0.29) is 11.6 Å². The molecule has 2 N–H and O–H groups in total. The molecule has 0 saturated carbocycles. The maximum absolute atomic E-state index is 14.8. The number of halogens is 4. The smallest absolute Gasteiger partial charge is 0.399 e. The van der Waals surface area contributed by atoms with Gasteiger partial charge in [0.1, 0.15) is 12.9 Å². The van der Waals surface area contributed by atoms with E-state index in [1.165, 1.54) is 16.6 Å². The number of benzene rings is 1. The van der Waals surface area contributed by atoms with Crippen LogP contribution in [0.3, 0.4) is 0 Å². The molecule has 3 aromatic heterocycles. The first-order valence-corrected chi connectivity index (χ1v) is 12.0. The van der Waals surface area contributed by atoms with Gasteiger partial charge in [-0.2, -0.15) is 32.8 Å². The average Bonchev–Trinajstić information content (AvgIpc) is 3.50. The highest BCUT2D eigenvalue weighted by Gasteiger charge is 2.38. The van der Waals surface area contributed by atoms with Crippen molar-refractivity contribution in [2.45, 2.75) is 19.6 Å². The Morgan fingerprint density at radius 3 is 2.56 bits per heavy atom. The van der Waals surface area contributed by atoms with Gasteiger partial charge in [0.15, 0.2) is 17.0 Å². The van der Waals surface area contributed by atoms with E-state index in [9.17, 15) is 17.6 Å². The minimum atomic E-state index is -4.77. The maximum Gasteiger partial charge on any atom is 0.437 e. The lowest BCUT2D eigenvalue weighted by molar-refractivity contribution is -0.0608. The van der Waals surface area contributed by atoms with Crippen LogP contribution in [0.25, 0.3) is 16.7 Å². The lowest BCUT2D eigenvalue weighted by atomic mass is 10.1. The second kappa shape index (κ2) is 10.4. The van der Waals surface area contributed by atoms with Crippen molar-refractivity contribution >= 4 is 34.0 Å². The molecule has 1 aromatic carbocycles. The number of nitrogens with two attached hydrogens (primary N) is 1. The number of fused-ring (bicyclic) bond motifs is 3. The Hall–Kier alpha value is -4.45. The first-order valence-electron chi connectivity index (χ1n) is 12.0. The Morgan fingerprint density at radius 1 is 1.13 bits per heavy atom. The molecule has 1 fully saturated rings. The third kappa shape index (κ3) is 5.15. The van der Waals surface area contributed by atoms with E-state index in [0.29, 0.717) is 61.8 Å². The Labute approximate surface area is 219 Å². The summed E-state index contributed by atoms with van der Waals surface area (Å²) in [5.41, 5.74) is 5.74. The fraction of sp³-hybridized carbons (Fsp3) is 0.375. The van der Waals surface area contributed by atoms with E-state index in [0.717, 1.165) is 13.2 Å². The second-order valence-electron chi connectivity index (χ2n) is 8.74. The summed E-state index contributed by atoms with van der Waals surface area (Å²) in [4.78, 5) is 17.2. The summed E-state index contributed by atoms with van der Waals surface area (Å²) in [7, 11) is 1.01. The fourth-order valence-electron chi connectivity index (χ4n) is 4.50. The van der Waals surface area contributed by atoms with Crippen LogP contribution in [0.5, 0.6) is 0 Å². The van der Waals surface area contributed by atoms with Crippen molar-refractivity contribution in [2.24, 2.45) is 5.16 Å². The summed E-state index contributed by atoms with van der Waals surface area (Å²) in [5, 5.41) is 12.4. The highest BCUT2D eigenvalue weighted by atomic mass is 19.4. The molecule has 0 atom stereocenters. The van der Waals surface area contributed by atoms with E-state index < -0.39 is 23.3 Å².